The van der Waals surface area contributed by atoms with Crippen LogP contribution in [0.1, 0.15) is 43.0 Å². The topological polar surface area (TPSA) is 58.4 Å². The largest absolute Gasteiger partial charge is 0.356 e. The van der Waals surface area contributed by atoms with E-state index in [1.165, 1.54) is 30.4 Å². The summed E-state index contributed by atoms with van der Waals surface area (Å²) in [6.07, 6.45) is 4.09. The number of likely N-dealkylation sites (tertiary alicyclic amines) is 1. The van der Waals surface area contributed by atoms with E-state index in [9.17, 15) is 4.79 Å². The van der Waals surface area contributed by atoms with E-state index in [0.29, 0.717) is 23.9 Å². The second-order valence-corrected chi connectivity index (χ2v) is 7.66. The maximum atomic E-state index is 12.5. The van der Waals surface area contributed by atoms with Crippen LogP contribution in [0.3, 0.4) is 0 Å². The number of hydrogen-bond acceptors (Lipinski definition) is 4. The molecule has 2 heterocycles. The van der Waals surface area contributed by atoms with Gasteiger partial charge in [-0.1, -0.05) is 48.0 Å². The van der Waals surface area contributed by atoms with Gasteiger partial charge in [-0.3, -0.25) is 9.69 Å². The number of hydrogen-bond donors (Lipinski definition) is 1. The van der Waals surface area contributed by atoms with Crippen LogP contribution >= 0.6 is 0 Å². The van der Waals surface area contributed by atoms with E-state index < -0.39 is 0 Å². The van der Waals surface area contributed by atoms with E-state index in [1.807, 2.05) is 30.3 Å². The molecule has 5 heteroatoms. The summed E-state index contributed by atoms with van der Waals surface area (Å²) in [4.78, 5) is 15.0. The number of aromatic nitrogens is 1. The van der Waals surface area contributed by atoms with Crippen molar-refractivity contribution in [1.29, 1.82) is 0 Å². The van der Waals surface area contributed by atoms with Crippen LogP contribution in [-0.2, 0) is 24.3 Å². The fourth-order valence-corrected chi connectivity index (χ4v) is 3.97. The van der Waals surface area contributed by atoms with Gasteiger partial charge < -0.3 is 9.84 Å². The zero-order chi connectivity index (χ0) is 19.3. The average Bonchev–Trinajstić information content (AvgIpc) is 3.12. The number of carbonyl (C=O) groups is 1. The standard InChI is InChI=1S/C23H27N3O2/c1-17-8-6-7-13-26(17)16-19-10-3-2-9-18(19)15-24-23(27)14-21-20-11-4-5-12-22(20)28-25-21/h2-5,9-12,17H,6-8,13-16H2,1H3,(H,24,27). The van der Waals surface area contributed by atoms with E-state index in [4.69, 9.17) is 4.52 Å². The highest BCUT2D eigenvalue weighted by Crippen LogP contribution is 2.21. The maximum absolute atomic E-state index is 12.5. The first kappa shape index (κ1) is 18.7. The normalized spacial score (nSPS) is 17.7. The summed E-state index contributed by atoms with van der Waals surface area (Å²) in [5.41, 5.74) is 3.87. The van der Waals surface area contributed by atoms with Crippen LogP contribution in [0.15, 0.2) is 53.1 Å². The number of rotatable bonds is 6. The minimum atomic E-state index is -0.0415. The number of nitrogens with zero attached hydrogens (tertiary/aromatic N) is 2. The van der Waals surface area contributed by atoms with E-state index in [2.05, 4.69) is 40.5 Å². The molecule has 1 aliphatic rings. The lowest BCUT2D eigenvalue weighted by Gasteiger charge is -2.33. The SMILES string of the molecule is CC1CCCCN1Cc1ccccc1CNC(=O)Cc1noc2ccccc12. The van der Waals surface area contributed by atoms with Gasteiger partial charge in [-0.25, -0.2) is 0 Å². The van der Waals surface area contributed by atoms with Gasteiger partial charge in [-0.15, -0.1) is 0 Å². The molecule has 1 aliphatic heterocycles. The Morgan fingerprint density at radius 3 is 2.79 bits per heavy atom. The monoisotopic (exact) mass is 377 g/mol. The van der Waals surface area contributed by atoms with Gasteiger partial charge in [0, 0.05) is 24.5 Å². The molecule has 1 amide bonds. The molecule has 2 aromatic carbocycles. The Bertz CT molecular complexity index is 950. The quantitative estimate of drug-likeness (QED) is 0.704. The number of para-hydroxylation sites is 1. The molecule has 0 saturated carbocycles. The lowest BCUT2D eigenvalue weighted by Crippen LogP contribution is -2.37. The Morgan fingerprint density at radius 2 is 1.93 bits per heavy atom. The average molecular weight is 377 g/mol. The van der Waals surface area contributed by atoms with Gasteiger partial charge in [0.2, 0.25) is 5.91 Å². The van der Waals surface area contributed by atoms with Crippen LogP contribution in [0.25, 0.3) is 11.0 Å². The summed E-state index contributed by atoms with van der Waals surface area (Å²) in [5, 5.41) is 8.00. The van der Waals surface area contributed by atoms with Crippen molar-refractivity contribution in [2.24, 2.45) is 0 Å². The van der Waals surface area contributed by atoms with Crippen LogP contribution in [0, 0.1) is 0 Å². The molecular weight excluding hydrogens is 350 g/mol. The van der Waals surface area contributed by atoms with Crippen LogP contribution in [0.4, 0.5) is 0 Å². The second-order valence-electron chi connectivity index (χ2n) is 7.66. The zero-order valence-electron chi connectivity index (χ0n) is 16.4. The molecule has 1 N–H and O–H groups in total. The van der Waals surface area contributed by atoms with Gasteiger partial charge in [0.15, 0.2) is 5.58 Å². The first-order valence-electron chi connectivity index (χ1n) is 10.1. The second kappa shape index (κ2) is 8.57. The number of amides is 1. The number of fused-ring (bicyclic) bond motifs is 1. The molecule has 4 rings (SSSR count). The zero-order valence-corrected chi connectivity index (χ0v) is 16.4. The minimum Gasteiger partial charge on any atom is -0.356 e. The molecule has 1 saturated heterocycles. The Labute approximate surface area is 165 Å². The molecule has 1 aromatic heterocycles. The molecule has 0 aliphatic carbocycles. The van der Waals surface area contributed by atoms with Crippen LogP contribution < -0.4 is 5.32 Å². The first-order valence-corrected chi connectivity index (χ1v) is 10.1. The molecule has 0 bridgehead atoms. The fourth-order valence-electron chi connectivity index (χ4n) is 3.97. The number of nitrogens with one attached hydrogen (secondary N) is 1. The van der Waals surface area contributed by atoms with E-state index >= 15 is 0 Å². The highest BCUT2D eigenvalue weighted by Gasteiger charge is 2.19. The number of piperidine rings is 1. The summed E-state index contributed by atoms with van der Waals surface area (Å²) in [7, 11) is 0. The van der Waals surface area contributed by atoms with Crippen molar-refractivity contribution >= 4 is 16.9 Å². The molecule has 3 aromatic rings. The van der Waals surface area contributed by atoms with Crippen LogP contribution in [-0.4, -0.2) is 28.6 Å². The van der Waals surface area contributed by atoms with Gasteiger partial charge in [-0.05, 0) is 49.6 Å². The lowest BCUT2D eigenvalue weighted by atomic mass is 10.0. The lowest BCUT2D eigenvalue weighted by molar-refractivity contribution is -0.120. The highest BCUT2D eigenvalue weighted by atomic mass is 16.5. The highest BCUT2D eigenvalue weighted by molar-refractivity contribution is 5.86. The van der Waals surface area contributed by atoms with E-state index in [0.717, 1.165) is 18.5 Å². The molecular formula is C23H27N3O2. The Balaban J connectivity index is 1.38. The third-order valence-corrected chi connectivity index (χ3v) is 5.69. The predicted molar refractivity (Wildman–Crippen MR) is 110 cm³/mol. The fraction of sp³-hybridized carbons (Fsp3) is 0.391. The third-order valence-electron chi connectivity index (χ3n) is 5.69. The Kier molecular flexibility index (Phi) is 5.72. The van der Waals surface area contributed by atoms with Crippen molar-refractivity contribution in [3.63, 3.8) is 0 Å². The van der Waals surface area contributed by atoms with Crippen molar-refractivity contribution in [3.8, 4) is 0 Å². The summed E-state index contributed by atoms with van der Waals surface area (Å²) in [6.45, 7) is 4.95. The number of benzene rings is 2. The van der Waals surface area contributed by atoms with Crippen LogP contribution in [0.2, 0.25) is 0 Å². The summed E-state index contributed by atoms with van der Waals surface area (Å²) < 4.78 is 5.29. The molecule has 1 fully saturated rings. The smallest absolute Gasteiger partial charge is 0.226 e. The third kappa shape index (κ3) is 4.25. The van der Waals surface area contributed by atoms with Crippen molar-refractivity contribution in [2.45, 2.75) is 51.7 Å². The van der Waals surface area contributed by atoms with Gasteiger partial charge >= 0.3 is 0 Å². The maximum Gasteiger partial charge on any atom is 0.226 e. The van der Waals surface area contributed by atoms with Gasteiger partial charge in [0.05, 0.1) is 6.42 Å². The Morgan fingerprint density at radius 1 is 1.14 bits per heavy atom. The summed E-state index contributed by atoms with van der Waals surface area (Å²) in [6, 6.07) is 16.6. The molecule has 0 spiro atoms. The number of carbonyl (C=O) groups excluding carboxylic acids is 1. The van der Waals surface area contributed by atoms with Crippen molar-refractivity contribution in [2.75, 3.05) is 6.54 Å². The Hall–Kier alpha value is -2.66. The van der Waals surface area contributed by atoms with Gasteiger partial charge in [-0.2, -0.15) is 0 Å². The van der Waals surface area contributed by atoms with E-state index in [-0.39, 0.29) is 12.3 Å². The van der Waals surface area contributed by atoms with Crippen molar-refractivity contribution < 1.29 is 9.32 Å². The van der Waals surface area contributed by atoms with Crippen LogP contribution in [0.5, 0.6) is 0 Å². The first-order chi connectivity index (χ1) is 13.7. The molecule has 28 heavy (non-hydrogen) atoms. The van der Waals surface area contributed by atoms with Gasteiger partial charge in [0.1, 0.15) is 5.69 Å². The summed E-state index contributed by atoms with van der Waals surface area (Å²) in [5.74, 6) is -0.0415. The molecule has 1 atom stereocenters. The predicted octanol–water partition coefficient (Wildman–Crippen LogP) is 4.06. The van der Waals surface area contributed by atoms with Crippen molar-refractivity contribution in [1.82, 2.24) is 15.4 Å². The summed E-state index contributed by atoms with van der Waals surface area (Å²) >= 11 is 0. The molecule has 0 radical (unpaired) electrons. The molecule has 146 valence electrons. The van der Waals surface area contributed by atoms with Crippen molar-refractivity contribution in [3.05, 3.63) is 65.4 Å². The minimum absolute atomic E-state index is 0.0415. The molecule has 5 nitrogen and oxygen atoms in total. The molecule has 1 unspecified atom stereocenters. The van der Waals surface area contributed by atoms with Gasteiger partial charge in [0.25, 0.3) is 0 Å². The van der Waals surface area contributed by atoms with E-state index in [1.54, 1.807) is 0 Å².